The van der Waals surface area contributed by atoms with Gasteiger partial charge in [0.2, 0.25) is 10.0 Å². The van der Waals surface area contributed by atoms with Crippen LogP contribution in [0.5, 0.6) is 5.75 Å². The van der Waals surface area contributed by atoms with Gasteiger partial charge in [-0.05, 0) is 48.7 Å². The minimum Gasteiger partial charge on any atom is -0.489 e. The smallest absolute Gasteiger partial charge is 0.287 e. The zero-order valence-electron chi connectivity index (χ0n) is 17.7. The van der Waals surface area contributed by atoms with Crippen LogP contribution in [0, 0.1) is 0 Å². The molecule has 0 bridgehead atoms. The molecule has 1 aliphatic rings. The van der Waals surface area contributed by atoms with Gasteiger partial charge in [-0.15, -0.1) is 0 Å². The SMILES string of the molecule is O=C(NCc1ccc(S(=O)(=O)N2CCCCC2)cc1)c1occc1COc1ccccc1. The Balaban J connectivity index is 1.34. The maximum Gasteiger partial charge on any atom is 0.287 e. The Morgan fingerprint density at radius 1 is 0.969 bits per heavy atom. The summed E-state index contributed by atoms with van der Waals surface area (Å²) < 4.78 is 38.1. The molecule has 0 saturated carbocycles. The van der Waals surface area contributed by atoms with Crippen molar-refractivity contribution in [1.82, 2.24) is 9.62 Å². The van der Waals surface area contributed by atoms with Crippen LogP contribution in [0.25, 0.3) is 0 Å². The van der Waals surface area contributed by atoms with Crippen LogP contribution in [-0.4, -0.2) is 31.7 Å². The van der Waals surface area contributed by atoms with Gasteiger partial charge in [0.15, 0.2) is 5.76 Å². The van der Waals surface area contributed by atoms with Crippen LogP contribution in [0.2, 0.25) is 0 Å². The van der Waals surface area contributed by atoms with Crippen LogP contribution < -0.4 is 10.1 Å². The van der Waals surface area contributed by atoms with E-state index < -0.39 is 10.0 Å². The molecule has 8 heteroatoms. The summed E-state index contributed by atoms with van der Waals surface area (Å²) in [5, 5.41) is 2.81. The van der Waals surface area contributed by atoms with E-state index in [0.717, 1.165) is 24.8 Å². The van der Waals surface area contributed by atoms with Crippen LogP contribution in [0.3, 0.4) is 0 Å². The van der Waals surface area contributed by atoms with E-state index in [1.807, 2.05) is 30.3 Å². The molecule has 1 fully saturated rings. The second-order valence-corrected chi connectivity index (χ2v) is 9.61. The zero-order chi connectivity index (χ0) is 22.4. The standard InChI is InChI=1S/C24H26N2O5S/c27-24(23-20(13-16-30-23)18-31-21-7-3-1-4-8-21)25-17-19-9-11-22(12-10-19)32(28,29)26-14-5-2-6-15-26/h1,3-4,7-13,16H,2,5-6,14-15,17-18H2,(H,25,27). The molecule has 2 heterocycles. The number of carbonyl (C=O) groups is 1. The molecular weight excluding hydrogens is 428 g/mol. The molecule has 0 spiro atoms. The highest BCUT2D eigenvalue weighted by molar-refractivity contribution is 7.89. The summed E-state index contributed by atoms with van der Waals surface area (Å²) >= 11 is 0. The summed E-state index contributed by atoms with van der Waals surface area (Å²) in [4.78, 5) is 12.9. The Bertz CT molecular complexity index is 1130. The maximum atomic E-state index is 12.8. The quantitative estimate of drug-likeness (QED) is 0.557. The van der Waals surface area contributed by atoms with E-state index in [1.54, 1.807) is 34.6 Å². The molecule has 1 aliphatic heterocycles. The maximum absolute atomic E-state index is 12.8. The minimum atomic E-state index is -3.46. The molecule has 1 saturated heterocycles. The summed E-state index contributed by atoms with van der Waals surface area (Å²) in [7, 11) is -3.46. The lowest BCUT2D eigenvalue weighted by atomic mass is 10.2. The molecule has 3 aromatic rings. The number of nitrogens with zero attached hydrogens (tertiary/aromatic N) is 1. The molecule has 0 unspecified atom stereocenters. The molecule has 1 amide bonds. The highest BCUT2D eigenvalue weighted by Crippen LogP contribution is 2.21. The van der Waals surface area contributed by atoms with E-state index >= 15 is 0 Å². The summed E-state index contributed by atoms with van der Waals surface area (Å²) in [6.45, 7) is 1.61. The van der Waals surface area contributed by atoms with Crippen molar-refractivity contribution in [2.75, 3.05) is 13.1 Å². The van der Waals surface area contributed by atoms with E-state index in [2.05, 4.69) is 5.32 Å². The van der Waals surface area contributed by atoms with E-state index in [-0.39, 0.29) is 29.7 Å². The first-order valence-electron chi connectivity index (χ1n) is 10.7. The number of carbonyl (C=O) groups excluding carboxylic acids is 1. The van der Waals surface area contributed by atoms with Gasteiger partial charge >= 0.3 is 0 Å². The van der Waals surface area contributed by atoms with Crippen molar-refractivity contribution < 1.29 is 22.4 Å². The van der Waals surface area contributed by atoms with Gasteiger partial charge < -0.3 is 14.5 Å². The van der Waals surface area contributed by atoms with Gasteiger partial charge in [0.1, 0.15) is 12.4 Å². The van der Waals surface area contributed by atoms with Gasteiger partial charge in [-0.3, -0.25) is 4.79 Å². The second kappa shape index (κ2) is 10.0. The average Bonchev–Trinajstić information content (AvgIpc) is 3.31. The first kappa shape index (κ1) is 22.1. The number of amides is 1. The summed E-state index contributed by atoms with van der Waals surface area (Å²) in [6, 6.07) is 17.7. The van der Waals surface area contributed by atoms with Crippen LogP contribution in [-0.2, 0) is 23.2 Å². The third-order valence-electron chi connectivity index (χ3n) is 5.42. The fraction of sp³-hybridized carbons (Fsp3) is 0.292. The van der Waals surface area contributed by atoms with Crippen molar-refractivity contribution in [3.63, 3.8) is 0 Å². The summed E-state index contributed by atoms with van der Waals surface area (Å²) in [6.07, 6.45) is 4.32. The van der Waals surface area contributed by atoms with Crippen molar-refractivity contribution in [2.24, 2.45) is 0 Å². The van der Waals surface area contributed by atoms with Gasteiger partial charge in [0.05, 0.1) is 11.2 Å². The van der Waals surface area contributed by atoms with E-state index in [0.29, 0.717) is 24.4 Å². The normalized spacial score (nSPS) is 14.8. The Hall–Kier alpha value is -3.10. The molecule has 0 atom stereocenters. The van der Waals surface area contributed by atoms with Crippen molar-refractivity contribution in [2.45, 2.75) is 37.3 Å². The lowest BCUT2D eigenvalue weighted by molar-refractivity contribution is 0.0919. The third kappa shape index (κ3) is 5.20. The molecule has 0 aliphatic carbocycles. The second-order valence-electron chi connectivity index (χ2n) is 7.67. The highest BCUT2D eigenvalue weighted by Gasteiger charge is 2.25. The fourth-order valence-electron chi connectivity index (χ4n) is 3.62. The first-order valence-corrected chi connectivity index (χ1v) is 12.1. The lowest BCUT2D eigenvalue weighted by Gasteiger charge is -2.25. The molecule has 7 nitrogen and oxygen atoms in total. The van der Waals surface area contributed by atoms with Gasteiger partial charge in [-0.1, -0.05) is 36.8 Å². The van der Waals surface area contributed by atoms with Crippen molar-refractivity contribution in [3.05, 3.63) is 83.8 Å². The number of nitrogens with one attached hydrogen (secondary N) is 1. The average molecular weight is 455 g/mol. The molecule has 2 aromatic carbocycles. The topological polar surface area (TPSA) is 88.9 Å². The van der Waals surface area contributed by atoms with E-state index in [9.17, 15) is 13.2 Å². The summed E-state index contributed by atoms with van der Waals surface area (Å²) in [5.41, 5.74) is 1.44. The number of ether oxygens (including phenoxy) is 1. The zero-order valence-corrected chi connectivity index (χ0v) is 18.5. The van der Waals surface area contributed by atoms with Crippen molar-refractivity contribution in [1.29, 1.82) is 0 Å². The Labute approximate surface area is 188 Å². The molecule has 4 rings (SSSR count). The third-order valence-corrected chi connectivity index (χ3v) is 7.33. The fourth-order valence-corrected chi connectivity index (χ4v) is 5.14. The Kier molecular flexibility index (Phi) is 6.92. The van der Waals surface area contributed by atoms with Crippen LogP contribution >= 0.6 is 0 Å². The van der Waals surface area contributed by atoms with Gasteiger partial charge in [0.25, 0.3) is 5.91 Å². The largest absolute Gasteiger partial charge is 0.489 e. The number of hydrogen-bond donors (Lipinski definition) is 1. The van der Waals surface area contributed by atoms with Gasteiger partial charge in [-0.25, -0.2) is 8.42 Å². The van der Waals surface area contributed by atoms with Crippen LogP contribution in [0.4, 0.5) is 0 Å². The van der Waals surface area contributed by atoms with Crippen LogP contribution in [0.15, 0.2) is 76.2 Å². The minimum absolute atomic E-state index is 0.199. The molecule has 168 valence electrons. The predicted octanol–water partition coefficient (Wildman–Crippen LogP) is 3.96. The van der Waals surface area contributed by atoms with E-state index in [4.69, 9.17) is 9.15 Å². The molecule has 0 radical (unpaired) electrons. The molecule has 32 heavy (non-hydrogen) atoms. The number of hydrogen-bond acceptors (Lipinski definition) is 5. The predicted molar refractivity (Wildman–Crippen MR) is 120 cm³/mol. The highest BCUT2D eigenvalue weighted by atomic mass is 32.2. The van der Waals surface area contributed by atoms with Gasteiger partial charge in [0, 0.05) is 25.2 Å². The van der Waals surface area contributed by atoms with Crippen molar-refractivity contribution in [3.8, 4) is 5.75 Å². The monoisotopic (exact) mass is 454 g/mol. The number of sulfonamides is 1. The molecule has 1 N–H and O–H groups in total. The first-order chi connectivity index (χ1) is 15.5. The lowest BCUT2D eigenvalue weighted by Crippen LogP contribution is -2.35. The number of furan rings is 1. The van der Waals surface area contributed by atoms with E-state index in [1.165, 1.54) is 6.26 Å². The number of benzene rings is 2. The Morgan fingerprint density at radius 2 is 1.69 bits per heavy atom. The summed E-state index contributed by atoms with van der Waals surface area (Å²) in [5.74, 6) is 0.552. The number of para-hydroxylation sites is 1. The Morgan fingerprint density at radius 3 is 2.41 bits per heavy atom. The van der Waals surface area contributed by atoms with Crippen LogP contribution in [0.1, 0.15) is 40.9 Å². The molecule has 1 aromatic heterocycles. The number of piperidine rings is 1. The van der Waals surface area contributed by atoms with Gasteiger partial charge in [-0.2, -0.15) is 4.31 Å². The molecular formula is C24H26N2O5S. The number of rotatable bonds is 8. The van der Waals surface area contributed by atoms with Crippen molar-refractivity contribution >= 4 is 15.9 Å².